The minimum Gasteiger partial charge on any atom is -0.492 e. The Morgan fingerprint density at radius 3 is 2.54 bits per heavy atom. The summed E-state index contributed by atoms with van der Waals surface area (Å²) in [5.41, 5.74) is 6.52. The first kappa shape index (κ1) is 27.9. The van der Waals surface area contributed by atoms with E-state index < -0.39 is 23.1 Å². The highest BCUT2D eigenvalue weighted by atomic mass is 19.1. The monoisotopic (exact) mass is 541 g/mol. The molecule has 1 aliphatic heterocycles. The van der Waals surface area contributed by atoms with Gasteiger partial charge in [-0.2, -0.15) is 0 Å². The largest absolute Gasteiger partial charge is 0.492 e. The Balaban J connectivity index is 1.76. The highest BCUT2D eigenvalue weighted by Crippen LogP contribution is 2.38. The lowest BCUT2D eigenvalue weighted by Crippen LogP contribution is -2.39. The van der Waals surface area contributed by atoms with E-state index >= 15 is 0 Å². The average molecular weight is 542 g/mol. The number of amides is 2. The summed E-state index contributed by atoms with van der Waals surface area (Å²) >= 11 is 0. The number of nitrogens with zero attached hydrogens (tertiary/aromatic N) is 3. The summed E-state index contributed by atoms with van der Waals surface area (Å²) < 4.78 is 39.6. The van der Waals surface area contributed by atoms with Crippen molar-refractivity contribution < 1.29 is 27.8 Å². The maximum Gasteiger partial charge on any atom is 0.410 e. The van der Waals surface area contributed by atoms with Crippen LogP contribution in [0, 0.1) is 11.6 Å². The van der Waals surface area contributed by atoms with Gasteiger partial charge in [0.25, 0.3) is 5.91 Å². The van der Waals surface area contributed by atoms with Crippen LogP contribution >= 0.6 is 0 Å². The van der Waals surface area contributed by atoms with E-state index in [1.54, 1.807) is 11.0 Å². The lowest BCUT2D eigenvalue weighted by molar-refractivity contribution is 0.0263. The number of nitrogens with one attached hydrogen (secondary N) is 1. The van der Waals surface area contributed by atoms with Crippen molar-refractivity contribution in [1.82, 2.24) is 9.88 Å². The maximum absolute atomic E-state index is 14.5. The highest BCUT2D eigenvalue weighted by molar-refractivity contribution is 6.08. The predicted octanol–water partition coefficient (Wildman–Crippen LogP) is 5.20. The Labute approximate surface area is 225 Å². The van der Waals surface area contributed by atoms with Crippen LogP contribution < -0.4 is 20.7 Å². The number of primary amides is 1. The number of carbonyl (C=O) groups is 2. The fourth-order valence-corrected chi connectivity index (χ4v) is 4.44. The van der Waals surface area contributed by atoms with Gasteiger partial charge in [-0.15, -0.1) is 0 Å². The number of ether oxygens (including phenoxy) is 2. The molecule has 3 aromatic rings. The number of hydrogen-bond donors (Lipinski definition) is 2. The molecule has 2 aromatic carbocycles. The number of benzene rings is 2. The summed E-state index contributed by atoms with van der Waals surface area (Å²) in [6, 6.07) is 6.68. The first-order valence-electron chi connectivity index (χ1n) is 12.8. The van der Waals surface area contributed by atoms with Crippen molar-refractivity contribution >= 4 is 40.0 Å². The van der Waals surface area contributed by atoms with Gasteiger partial charge in [-0.05, 0) is 52.3 Å². The molecule has 39 heavy (non-hydrogen) atoms. The third-order valence-corrected chi connectivity index (χ3v) is 6.19. The van der Waals surface area contributed by atoms with Gasteiger partial charge < -0.3 is 30.3 Å². The van der Waals surface area contributed by atoms with Crippen LogP contribution in [0.3, 0.4) is 0 Å². The molecule has 0 unspecified atom stereocenters. The zero-order valence-electron chi connectivity index (χ0n) is 22.5. The average Bonchev–Trinajstić information content (AvgIpc) is 3.11. The van der Waals surface area contributed by atoms with Crippen molar-refractivity contribution in [2.45, 2.75) is 39.7 Å². The zero-order chi connectivity index (χ0) is 28.3. The van der Waals surface area contributed by atoms with Gasteiger partial charge in [-0.3, -0.25) is 9.78 Å². The molecule has 1 fully saturated rings. The molecular formula is C28H33F2N5O4. The van der Waals surface area contributed by atoms with E-state index in [9.17, 15) is 18.4 Å². The van der Waals surface area contributed by atoms with Crippen LogP contribution in [-0.2, 0) is 4.74 Å². The summed E-state index contributed by atoms with van der Waals surface area (Å²) in [5.74, 6) is -1.73. The number of hydrogen-bond acceptors (Lipinski definition) is 7. The Bertz CT molecular complexity index is 1390. The fourth-order valence-electron chi connectivity index (χ4n) is 4.44. The molecule has 11 heteroatoms. The van der Waals surface area contributed by atoms with E-state index in [1.807, 2.05) is 33.8 Å². The molecule has 4 rings (SSSR count). The third kappa shape index (κ3) is 6.47. The molecule has 0 radical (unpaired) electrons. The van der Waals surface area contributed by atoms with Gasteiger partial charge in [-0.25, -0.2) is 13.6 Å². The molecule has 0 bridgehead atoms. The number of carbonyl (C=O) groups excluding carboxylic acids is 2. The molecule has 2 heterocycles. The lowest BCUT2D eigenvalue weighted by atomic mass is 10.1. The minimum atomic E-state index is -0.823. The molecule has 0 atom stereocenters. The van der Waals surface area contributed by atoms with E-state index in [0.29, 0.717) is 55.9 Å². The number of nitrogens with two attached hydrogens (primary N) is 1. The number of rotatable bonds is 6. The van der Waals surface area contributed by atoms with Gasteiger partial charge in [0, 0.05) is 49.9 Å². The molecule has 0 aliphatic carbocycles. The van der Waals surface area contributed by atoms with Gasteiger partial charge in [0.2, 0.25) is 0 Å². The molecular weight excluding hydrogens is 508 g/mol. The fraction of sp³-hybridized carbons (Fsp3) is 0.393. The van der Waals surface area contributed by atoms with Gasteiger partial charge >= 0.3 is 6.09 Å². The number of aromatic nitrogens is 1. The second-order valence-corrected chi connectivity index (χ2v) is 10.2. The molecule has 208 valence electrons. The summed E-state index contributed by atoms with van der Waals surface area (Å²) in [4.78, 5) is 33.1. The quantitative estimate of drug-likeness (QED) is 0.441. The predicted molar refractivity (Wildman–Crippen MR) is 146 cm³/mol. The molecule has 1 aliphatic rings. The number of fused-ring (bicyclic) bond motifs is 1. The van der Waals surface area contributed by atoms with E-state index in [0.717, 1.165) is 17.8 Å². The molecule has 1 saturated heterocycles. The standard InChI is InChI=1S/C28H33F2N5O4/c1-5-38-24-15-22-18(14-23(24)34-9-6-10-35(12-11-34)27(37)39-28(2,3)4)25(19(16-32-22)26(31)36)33-21-8-7-17(29)13-20(21)30/h7-8,13-16H,5-6,9-12H2,1-4H3,(H2,31,36)(H,32,33). The number of pyridine rings is 1. The van der Waals surface area contributed by atoms with Gasteiger partial charge in [0.15, 0.2) is 0 Å². The van der Waals surface area contributed by atoms with Crippen molar-refractivity contribution in [3.8, 4) is 5.75 Å². The van der Waals surface area contributed by atoms with Gasteiger partial charge in [0.05, 0.1) is 34.7 Å². The smallest absolute Gasteiger partial charge is 0.410 e. The van der Waals surface area contributed by atoms with Crippen LogP contribution in [0.2, 0.25) is 0 Å². The molecule has 0 spiro atoms. The second kappa shape index (κ2) is 11.3. The molecule has 2 amide bonds. The minimum absolute atomic E-state index is 0.0235. The summed E-state index contributed by atoms with van der Waals surface area (Å²) in [6.45, 7) is 9.86. The van der Waals surface area contributed by atoms with Crippen LogP contribution in [0.25, 0.3) is 10.9 Å². The van der Waals surface area contributed by atoms with E-state index in [2.05, 4.69) is 15.2 Å². The summed E-state index contributed by atoms with van der Waals surface area (Å²) in [7, 11) is 0. The van der Waals surface area contributed by atoms with Gasteiger partial charge in [0.1, 0.15) is 23.0 Å². The van der Waals surface area contributed by atoms with E-state index in [1.165, 1.54) is 12.3 Å². The van der Waals surface area contributed by atoms with Crippen molar-refractivity contribution in [2.75, 3.05) is 43.0 Å². The molecule has 9 nitrogen and oxygen atoms in total. The highest BCUT2D eigenvalue weighted by Gasteiger charge is 2.26. The number of anilines is 3. The third-order valence-electron chi connectivity index (χ3n) is 6.19. The van der Waals surface area contributed by atoms with E-state index in [4.69, 9.17) is 15.2 Å². The SMILES string of the molecule is CCOc1cc2ncc(C(N)=O)c(Nc3ccc(F)cc3F)c2cc1N1CCCN(C(=O)OC(C)(C)C)CC1. The lowest BCUT2D eigenvalue weighted by Gasteiger charge is -2.28. The van der Waals surface area contributed by atoms with Crippen molar-refractivity contribution in [3.05, 3.63) is 53.7 Å². The molecule has 1 aromatic heterocycles. The van der Waals surface area contributed by atoms with Crippen molar-refractivity contribution in [3.63, 3.8) is 0 Å². The Kier molecular flexibility index (Phi) is 8.08. The first-order chi connectivity index (χ1) is 18.5. The topological polar surface area (TPSA) is 110 Å². The second-order valence-electron chi connectivity index (χ2n) is 10.2. The first-order valence-corrected chi connectivity index (χ1v) is 12.8. The summed E-state index contributed by atoms with van der Waals surface area (Å²) in [6.07, 6.45) is 1.64. The van der Waals surface area contributed by atoms with E-state index in [-0.39, 0.29) is 23.0 Å². The molecule has 0 saturated carbocycles. The van der Waals surface area contributed by atoms with Crippen LogP contribution in [0.5, 0.6) is 5.75 Å². The van der Waals surface area contributed by atoms with Gasteiger partial charge in [-0.1, -0.05) is 0 Å². The molecule has 3 N–H and O–H groups in total. The Morgan fingerprint density at radius 1 is 1.10 bits per heavy atom. The summed E-state index contributed by atoms with van der Waals surface area (Å²) in [5, 5.41) is 3.42. The Morgan fingerprint density at radius 2 is 1.87 bits per heavy atom. The number of halogens is 2. The van der Waals surface area contributed by atoms with Crippen LogP contribution in [-0.4, -0.2) is 60.3 Å². The zero-order valence-corrected chi connectivity index (χ0v) is 22.5. The van der Waals surface area contributed by atoms with Crippen LogP contribution in [0.1, 0.15) is 44.5 Å². The Hall–Kier alpha value is -4.15. The normalized spacial score (nSPS) is 14.2. The maximum atomic E-state index is 14.5. The van der Waals surface area contributed by atoms with Crippen molar-refractivity contribution in [2.24, 2.45) is 5.73 Å². The van der Waals surface area contributed by atoms with Crippen LogP contribution in [0.4, 0.5) is 30.6 Å². The van der Waals surface area contributed by atoms with Crippen molar-refractivity contribution in [1.29, 1.82) is 0 Å². The van der Waals surface area contributed by atoms with Crippen LogP contribution in [0.15, 0.2) is 36.5 Å².